The molecule has 7 heteroatoms. The van der Waals surface area contributed by atoms with Gasteiger partial charge in [-0.1, -0.05) is 0 Å². The van der Waals surface area contributed by atoms with E-state index in [-0.39, 0.29) is 35.5 Å². The molecule has 1 saturated carbocycles. The van der Waals surface area contributed by atoms with Crippen molar-refractivity contribution in [2.45, 2.75) is 38.0 Å². The van der Waals surface area contributed by atoms with Crippen molar-refractivity contribution in [3.8, 4) is 0 Å². The van der Waals surface area contributed by atoms with Gasteiger partial charge in [0.25, 0.3) is 0 Å². The molecule has 25 heavy (non-hydrogen) atoms. The largest absolute Gasteiger partial charge is 0.490 e. The Morgan fingerprint density at radius 2 is 1.92 bits per heavy atom. The van der Waals surface area contributed by atoms with Crippen LogP contribution in [0.15, 0.2) is 23.7 Å². The third-order valence-electron chi connectivity index (χ3n) is 6.02. The molecule has 0 radical (unpaired) electrons. The quantitative estimate of drug-likeness (QED) is 0.729. The number of carboxylic acid groups (broad SMARTS) is 1. The summed E-state index contributed by atoms with van der Waals surface area (Å²) in [5.74, 6) is -0.906. The number of hydrogen-bond acceptors (Lipinski definition) is 6. The topological polar surface area (TPSA) is 73.3 Å². The van der Waals surface area contributed by atoms with Gasteiger partial charge in [-0.3, -0.25) is 9.69 Å². The van der Waals surface area contributed by atoms with E-state index in [0.717, 1.165) is 38.4 Å². The highest BCUT2D eigenvalue weighted by Gasteiger charge is 2.52. The number of ether oxygens (including phenoxy) is 1. The van der Waals surface area contributed by atoms with E-state index >= 15 is 0 Å². The number of likely N-dealkylation sites (N-methyl/N-ethyl adjacent to an activating group) is 1. The zero-order valence-electron chi connectivity index (χ0n) is 14.7. The molecular formula is C18H25N3O4. The van der Waals surface area contributed by atoms with Crippen LogP contribution < -0.4 is 0 Å². The van der Waals surface area contributed by atoms with Crippen molar-refractivity contribution in [1.29, 1.82) is 0 Å². The minimum atomic E-state index is -1.14. The summed E-state index contributed by atoms with van der Waals surface area (Å²) in [6.07, 6.45) is 4.82. The molecular weight excluding hydrogens is 322 g/mol. The molecule has 136 valence electrons. The summed E-state index contributed by atoms with van der Waals surface area (Å²) in [7, 11) is 2.14. The zero-order chi connectivity index (χ0) is 17.7. The molecule has 3 heterocycles. The second kappa shape index (κ2) is 6.14. The van der Waals surface area contributed by atoms with Gasteiger partial charge in [0.15, 0.2) is 5.78 Å². The number of hydrogen-bond donors (Lipinski definition) is 1. The van der Waals surface area contributed by atoms with E-state index in [1.165, 1.54) is 6.20 Å². The van der Waals surface area contributed by atoms with Crippen LogP contribution in [0.3, 0.4) is 0 Å². The first-order valence-corrected chi connectivity index (χ1v) is 9.00. The smallest absolute Gasteiger partial charge is 0.340 e. The van der Waals surface area contributed by atoms with E-state index in [0.29, 0.717) is 6.42 Å². The maximum absolute atomic E-state index is 12.7. The Hall–Kier alpha value is -1.86. The average molecular weight is 347 g/mol. The van der Waals surface area contributed by atoms with Crippen LogP contribution in [-0.4, -0.2) is 83.0 Å². The van der Waals surface area contributed by atoms with Crippen LogP contribution in [0.1, 0.15) is 19.8 Å². The average Bonchev–Trinajstić information content (AvgIpc) is 2.58. The van der Waals surface area contributed by atoms with Gasteiger partial charge in [-0.05, 0) is 26.8 Å². The fourth-order valence-corrected chi connectivity index (χ4v) is 4.74. The Morgan fingerprint density at radius 3 is 2.60 bits per heavy atom. The summed E-state index contributed by atoms with van der Waals surface area (Å²) >= 11 is 0. The molecule has 1 saturated heterocycles. The Bertz CT molecular complexity index is 651. The molecule has 3 aliphatic heterocycles. The number of nitrogens with zero attached hydrogens (tertiary/aromatic N) is 3. The first kappa shape index (κ1) is 16.6. The van der Waals surface area contributed by atoms with Crippen molar-refractivity contribution in [2.75, 3.05) is 33.2 Å². The van der Waals surface area contributed by atoms with Gasteiger partial charge < -0.3 is 19.6 Å². The lowest BCUT2D eigenvalue weighted by molar-refractivity contribution is -0.141. The van der Waals surface area contributed by atoms with Crippen molar-refractivity contribution in [2.24, 2.45) is 5.92 Å². The van der Waals surface area contributed by atoms with E-state index in [1.807, 2.05) is 18.0 Å². The summed E-state index contributed by atoms with van der Waals surface area (Å²) in [6, 6.07) is 0.173. The Kier molecular flexibility index (Phi) is 4.08. The van der Waals surface area contributed by atoms with Crippen LogP contribution in [0.4, 0.5) is 0 Å². The van der Waals surface area contributed by atoms with Gasteiger partial charge in [0.05, 0.1) is 6.04 Å². The predicted molar refractivity (Wildman–Crippen MR) is 90.6 cm³/mol. The summed E-state index contributed by atoms with van der Waals surface area (Å²) in [5, 5.41) is 9.36. The fourth-order valence-electron chi connectivity index (χ4n) is 4.74. The van der Waals surface area contributed by atoms with E-state index in [1.54, 1.807) is 0 Å². The standard InChI is InChI=1S/C18H25N3O4/c1-11-9-21-10-13(18(23)24)16(22)12-3-4-14(17(25-11)15(12)21)20-7-5-19(2)6-8-20/h9-10,12,14-15,17H,3-8H2,1-2H3,(H,23,24). The van der Waals surface area contributed by atoms with Gasteiger partial charge in [-0.25, -0.2) is 4.79 Å². The van der Waals surface area contributed by atoms with Gasteiger partial charge in [0.2, 0.25) is 0 Å². The Morgan fingerprint density at radius 1 is 1.20 bits per heavy atom. The van der Waals surface area contributed by atoms with Gasteiger partial charge in [0, 0.05) is 50.5 Å². The normalized spacial score (nSPS) is 36.2. The second-order valence-corrected chi connectivity index (χ2v) is 7.56. The van der Waals surface area contributed by atoms with Crippen molar-refractivity contribution in [3.05, 3.63) is 23.7 Å². The zero-order valence-corrected chi connectivity index (χ0v) is 14.7. The van der Waals surface area contributed by atoms with Gasteiger partial charge in [-0.15, -0.1) is 0 Å². The molecule has 4 rings (SSSR count). The summed E-state index contributed by atoms with van der Waals surface area (Å²) in [6.45, 7) is 5.98. The maximum Gasteiger partial charge on any atom is 0.340 e. The van der Waals surface area contributed by atoms with Crippen molar-refractivity contribution >= 4 is 11.8 Å². The molecule has 0 amide bonds. The molecule has 1 aliphatic carbocycles. The highest BCUT2D eigenvalue weighted by atomic mass is 16.5. The molecule has 2 fully saturated rings. The number of Topliss-reactive ketones (excluding diaryl/α,β-unsaturated/α-hetero) is 1. The number of piperazine rings is 1. The molecule has 4 aliphatic rings. The van der Waals surface area contributed by atoms with Crippen molar-refractivity contribution < 1.29 is 19.4 Å². The van der Waals surface area contributed by atoms with E-state index in [9.17, 15) is 14.7 Å². The van der Waals surface area contributed by atoms with Gasteiger partial charge >= 0.3 is 5.97 Å². The first-order valence-electron chi connectivity index (χ1n) is 9.00. The third-order valence-corrected chi connectivity index (χ3v) is 6.02. The number of carboxylic acids is 1. The highest BCUT2D eigenvalue weighted by Crippen LogP contribution is 2.41. The first-order chi connectivity index (χ1) is 12.0. The number of carbonyl (C=O) groups is 2. The minimum absolute atomic E-state index is 0.0947. The van der Waals surface area contributed by atoms with E-state index in [4.69, 9.17) is 4.74 Å². The Labute approximate surface area is 147 Å². The lowest BCUT2D eigenvalue weighted by Gasteiger charge is -2.53. The number of rotatable bonds is 2. The monoisotopic (exact) mass is 347 g/mol. The lowest BCUT2D eigenvalue weighted by atomic mass is 9.72. The number of allylic oxidation sites excluding steroid dienone is 1. The number of ketones is 1. The van der Waals surface area contributed by atoms with Crippen molar-refractivity contribution in [3.63, 3.8) is 0 Å². The summed E-state index contributed by atoms with van der Waals surface area (Å²) in [4.78, 5) is 30.8. The van der Waals surface area contributed by atoms with Crippen molar-refractivity contribution in [1.82, 2.24) is 14.7 Å². The molecule has 0 aromatic carbocycles. The molecule has 0 aromatic rings. The number of carbonyl (C=O) groups excluding carboxylic acids is 1. The Balaban J connectivity index is 1.65. The van der Waals surface area contributed by atoms with E-state index < -0.39 is 5.97 Å². The number of aliphatic carboxylic acids is 1. The molecule has 0 bridgehead atoms. The minimum Gasteiger partial charge on any atom is -0.490 e. The fraction of sp³-hybridized carbons (Fsp3) is 0.667. The third kappa shape index (κ3) is 2.75. The van der Waals surface area contributed by atoms with Gasteiger partial charge in [0.1, 0.15) is 17.4 Å². The predicted octanol–water partition coefficient (Wildman–Crippen LogP) is 0.494. The van der Waals surface area contributed by atoms with Crippen LogP contribution >= 0.6 is 0 Å². The van der Waals surface area contributed by atoms with Crippen LogP contribution in [0.25, 0.3) is 0 Å². The van der Waals surface area contributed by atoms with Crippen LogP contribution in [0, 0.1) is 5.92 Å². The molecule has 0 aromatic heterocycles. The molecule has 7 nitrogen and oxygen atoms in total. The SMILES string of the molecule is CC1=CN2C=C(C(=O)O)C(=O)C3CCC(N4CCN(C)CC4)C(O1)C32. The van der Waals surface area contributed by atoms with Gasteiger partial charge in [-0.2, -0.15) is 0 Å². The van der Waals surface area contributed by atoms with Crippen LogP contribution in [-0.2, 0) is 14.3 Å². The lowest BCUT2D eigenvalue weighted by Crippen LogP contribution is -2.65. The molecule has 0 spiro atoms. The molecule has 1 N–H and O–H groups in total. The summed E-state index contributed by atoms with van der Waals surface area (Å²) < 4.78 is 6.20. The highest BCUT2D eigenvalue weighted by molar-refractivity contribution is 6.18. The van der Waals surface area contributed by atoms with E-state index in [2.05, 4.69) is 16.8 Å². The maximum atomic E-state index is 12.7. The molecule has 4 atom stereocenters. The second-order valence-electron chi connectivity index (χ2n) is 7.56. The van der Waals surface area contributed by atoms with Crippen LogP contribution in [0.2, 0.25) is 0 Å². The van der Waals surface area contributed by atoms with Crippen LogP contribution in [0.5, 0.6) is 0 Å². The summed E-state index contributed by atoms with van der Waals surface area (Å²) in [5.41, 5.74) is -0.107. The molecule has 4 unspecified atom stereocenters.